The van der Waals surface area contributed by atoms with E-state index < -0.39 is 0 Å². The van der Waals surface area contributed by atoms with Gasteiger partial charge in [0.15, 0.2) is 0 Å². The maximum absolute atomic E-state index is 14.5. The van der Waals surface area contributed by atoms with Gasteiger partial charge in [-0.3, -0.25) is 4.98 Å². The molecule has 6 rings (SSSR count). The molecular weight excluding hydrogens is 407 g/mol. The number of pyridine rings is 1. The topological polar surface area (TPSA) is 89.2 Å². The smallest absolute Gasteiger partial charge is 0.324 e. The van der Waals surface area contributed by atoms with Crippen molar-refractivity contribution in [2.75, 3.05) is 30.4 Å². The third kappa shape index (κ3) is 3.01. The van der Waals surface area contributed by atoms with E-state index in [1.807, 2.05) is 26.1 Å². The van der Waals surface area contributed by atoms with Gasteiger partial charge in [-0.2, -0.15) is 9.97 Å². The van der Waals surface area contributed by atoms with Crippen LogP contribution >= 0.6 is 0 Å². The van der Waals surface area contributed by atoms with E-state index in [4.69, 9.17) is 20.4 Å². The van der Waals surface area contributed by atoms with Crippen LogP contribution in [0.2, 0.25) is 0 Å². The molecule has 3 heterocycles. The van der Waals surface area contributed by atoms with Crippen molar-refractivity contribution in [3.8, 4) is 22.9 Å². The third-order valence-corrected chi connectivity index (χ3v) is 7.05. The molecular formula is C24H25FN6O. The molecule has 1 aliphatic heterocycles. The molecule has 3 aliphatic rings. The van der Waals surface area contributed by atoms with E-state index in [9.17, 15) is 4.39 Å². The van der Waals surface area contributed by atoms with E-state index in [1.54, 1.807) is 12.3 Å². The molecule has 1 aromatic carbocycles. The van der Waals surface area contributed by atoms with Gasteiger partial charge < -0.3 is 20.7 Å². The lowest BCUT2D eigenvalue weighted by Crippen LogP contribution is -2.46. The summed E-state index contributed by atoms with van der Waals surface area (Å²) in [5, 5.41) is 3.12. The Hall–Kier alpha value is -3.26. The monoisotopic (exact) mass is 432 g/mol. The number of fused-ring (bicyclic) bond motifs is 4. The molecule has 0 radical (unpaired) electrons. The van der Waals surface area contributed by atoms with E-state index in [0.29, 0.717) is 24.0 Å². The highest BCUT2D eigenvalue weighted by atomic mass is 19.1. The minimum Gasteiger partial charge on any atom is -0.423 e. The minimum atomic E-state index is -0.276. The van der Waals surface area contributed by atoms with Crippen LogP contribution in [0.5, 0.6) is 11.8 Å². The molecule has 0 spiro atoms. The molecule has 2 fully saturated rings. The van der Waals surface area contributed by atoms with Crippen LogP contribution in [0.3, 0.4) is 0 Å². The first kappa shape index (κ1) is 19.4. The average molecular weight is 433 g/mol. The van der Waals surface area contributed by atoms with E-state index in [1.165, 1.54) is 6.07 Å². The molecule has 32 heavy (non-hydrogen) atoms. The Kier molecular flexibility index (Phi) is 4.33. The van der Waals surface area contributed by atoms with E-state index >= 15 is 0 Å². The van der Waals surface area contributed by atoms with Crippen molar-refractivity contribution in [2.24, 2.45) is 17.6 Å². The summed E-state index contributed by atoms with van der Waals surface area (Å²) in [5.74, 6) is 2.18. The predicted octanol–water partition coefficient (Wildman–Crippen LogP) is 3.51. The first-order valence-electron chi connectivity index (χ1n) is 11.0. The Morgan fingerprint density at radius 2 is 2.09 bits per heavy atom. The number of hydrogen-bond acceptors (Lipinski definition) is 7. The number of halogens is 1. The summed E-state index contributed by atoms with van der Waals surface area (Å²) in [4.78, 5) is 16.1. The van der Waals surface area contributed by atoms with Gasteiger partial charge in [0.1, 0.15) is 17.4 Å². The van der Waals surface area contributed by atoms with Crippen LogP contribution in [0.1, 0.15) is 23.4 Å². The highest BCUT2D eigenvalue weighted by molar-refractivity contribution is 5.88. The number of benzene rings is 1. The predicted molar refractivity (Wildman–Crippen MR) is 121 cm³/mol. The minimum absolute atomic E-state index is 0.245. The highest BCUT2D eigenvalue weighted by Gasteiger charge is 2.46. The number of hydrogen-bond donors (Lipinski definition) is 2. The molecule has 164 valence electrons. The summed E-state index contributed by atoms with van der Waals surface area (Å²) in [5.41, 5.74) is 11.6. The van der Waals surface area contributed by atoms with Crippen LogP contribution in [0.25, 0.3) is 11.1 Å². The zero-order chi connectivity index (χ0) is 22.0. The van der Waals surface area contributed by atoms with Crippen molar-refractivity contribution >= 4 is 11.5 Å². The molecule has 0 amide bonds. The van der Waals surface area contributed by atoms with Crippen LogP contribution in [-0.4, -0.2) is 41.1 Å². The van der Waals surface area contributed by atoms with Crippen LogP contribution in [0.15, 0.2) is 30.5 Å². The third-order valence-electron chi connectivity index (χ3n) is 7.05. The van der Waals surface area contributed by atoms with Gasteiger partial charge in [0, 0.05) is 49.5 Å². The first-order chi connectivity index (χ1) is 15.5. The van der Waals surface area contributed by atoms with Gasteiger partial charge in [0.25, 0.3) is 0 Å². The number of ether oxygens (including phenoxy) is 1. The summed E-state index contributed by atoms with van der Waals surface area (Å²) in [6.07, 6.45) is 3.31. The second-order valence-corrected chi connectivity index (χ2v) is 9.02. The zero-order valence-corrected chi connectivity index (χ0v) is 18.1. The van der Waals surface area contributed by atoms with Gasteiger partial charge in [-0.25, -0.2) is 4.39 Å². The Balaban J connectivity index is 1.46. The normalized spacial score (nSPS) is 22.8. The number of nitrogens with two attached hydrogens (primary N) is 1. The summed E-state index contributed by atoms with van der Waals surface area (Å²) < 4.78 is 20.5. The molecule has 3 aromatic rings. The van der Waals surface area contributed by atoms with Gasteiger partial charge in [0.05, 0.1) is 11.9 Å². The summed E-state index contributed by atoms with van der Waals surface area (Å²) in [7, 11) is 1.81. The van der Waals surface area contributed by atoms with Crippen LogP contribution in [-0.2, 0) is 6.42 Å². The maximum Gasteiger partial charge on any atom is 0.324 e. The molecule has 0 bridgehead atoms. The molecule has 2 aliphatic carbocycles. The second kappa shape index (κ2) is 7.13. The lowest BCUT2D eigenvalue weighted by atomic mass is 9.72. The van der Waals surface area contributed by atoms with Gasteiger partial charge in [-0.15, -0.1) is 0 Å². The summed E-state index contributed by atoms with van der Waals surface area (Å²) in [6, 6.07) is 7.40. The van der Waals surface area contributed by atoms with Crippen LogP contribution in [0, 0.1) is 24.6 Å². The molecule has 2 unspecified atom stereocenters. The fraction of sp³-hybridized carbons (Fsp3) is 0.375. The van der Waals surface area contributed by atoms with E-state index in [-0.39, 0.29) is 17.9 Å². The summed E-state index contributed by atoms with van der Waals surface area (Å²) in [6.45, 7) is 3.68. The quantitative estimate of drug-likeness (QED) is 0.510. The Bertz CT molecular complexity index is 1210. The second-order valence-electron chi connectivity index (χ2n) is 9.02. The van der Waals surface area contributed by atoms with Crippen LogP contribution in [0.4, 0.5) is 15.9 Å². The van der Waals surface area contributed by atoms with Crippen molar-refractivity contribution < 1.29 is 9.13 Å². The number of rotatable bonds is 4. The Labute approximate surface area is 185 Å². The van der Waals surface area contributed by atoms with Crippen molar-refractivity contribution in [2.45, 2.75) is 25.8 Å². The van der Waals surface area contributed by atoms with Gasteiger partial charge >= 0.3 is 6.01 Å². The molecule has 7 nitrogen and oxygen atoms in total. The fourth-order valence-electron chi connectivity index (χ4n) is 5.34. The Morgan fingerprint density at radius 1 is 1.22 bits per heavy atom. The van der Waals surface area contributed by atoms with Crippen molar-refractivity contribution in [3.63, 3.8) is 0 Å². The van der Waals surface area contributed by atoms with Crippen molar-refractivity contribution in [3.05, 3.63) is 53.2 Å². The van der Waals surface area contributed by atoms with Gasteiger partial charge in [0.2, 0.25) is 0 Å². The number of nitrogens with one attached hydrogen (secondary N) is 1. The number of aromatic nitrogens is 3. The molecule has 1 saturated heterocycles. The van der Waals surface area contributed by atoms with Gasteiger partial charge in [-0.05, 0) is 60.6 Å². The standard InChI is InChI=1S/C24H25FN6O/c1-12-3-4-15(9-28-12)32-24-29-21-8-16-17(6-14(25)7-20(16)27-2)22(21)23(30-24)31-10-13-5-19(26)18(13)11-31/h3-4,6-7,9,13,18-19,27H,5,8,10-11,26H2,1-2H3/t13?,18?,19-/m1/s1. The largest absolute Gasteiger partial charge is 0.423 e. The molecule has 2 aromatic heterocycles. The van der Waals surface area contributed by atoms with E-state index in [0.717, 1.165) is 59.1 Å². The SMILES string of the molecule is CNc1cc(F)cc2c1Cc1nc(Oc3ccc(C)nc3)nc(N3CC4C[C@@H](N)C4C3)c1-2. The molecule has 3 N–H and O–H groups in total. The number of anilines is 2. The molecule has 8 heteroatoms. The lowest BCUT2D eigenvalue weighted by molar-refractivity contribution is 0.194. The number of nitrogens with zero attached hydrogens (tertiary/aromatic N) is 4. The lowest BCUT2D eigenvalue weighted by Gasteiger charge is -2.36. The number of aryl methyl sites for hydroxylation is 1. The van der Waals surface area contributed by atoms with Crippen LogP contribution < -0.4 is 20.7 Å². The highest BCUT2D eigenvalue weighted by Crippen LogP contribution is 2.48. The molecule has 3 atom stereocenters. The van der Waals surface area contributed by atoms with E-state index in [2.05, 4.69) is 15.2 Å². The maximum atomic E-state index is 14.5. The van der Waals surface area contributed by atoms with Crippen molar-refractivity contribution in [1.29, 1.82) is 0 Å². The molecule has 1 saturated carbocycles. The van der Waals surface area contributed by atoms with Gasteiger partial charge in [-0.1, -0.05) is 0 Å². The fourth-order valence-corrected chi connectivity index (χ4v) is 5.34. The average Bonchev–Trinajstić information content (AvgIpc) is 3.31. The Morgan fingerprint density at radius 3 is 2.81 bits per heavy atom. The summed E-state index contributed by atoms with van der Waals surface area (Å²) >= 11 is 0. The zero-order valence-electron chi connectivity index (χ0n) is 18.1. The van der Waals surface area contributed by atoms with Crippen molar-refractivity contribution in [1.82, 2.24) is 15.0 Å². The first-order valence-corrected chi connectivity index (χ1v) is 11.0.